The van der Waals surface area contributed by atoms with Gasteiger partial charge in [0, 0.05) is 31.4 Å². The van der Waals surface area contributed by atoms with E-state index < -0.39 is 0 Å². The number of nitrogens with one attached hydrogen (secondary N) is 1. The summed E-state index contributed by atoms with van der Waals surface area (Å²) in [5.74, 6) is 0. The maximum Gasteiger partial charge on any atom is 0.0556 e. The van der Waals surface area contributed by atoms with Gasteiger partial charge in [-0.2, -0.15) is 0 Å². The van der Waals surface area contributed by atoms with Crippen molar-refractivity contribution < 1.29 is 0 Å². The maximum atomic E-state index is 4.18. The molecule has 4 rings (SSSR count). The molecule has 2 bridgehead atoms. The lowest BCUT2D eigenvalue weighted by molar-refractivity contribution is 0.290. The average molecular weight is 262 g/mol. The molecule has 2 unspecified atom stereocenters. The summed E-state index contributed by atoms with van der Waals surface area (Å²) in [6.07, 6.45) is 6.47. The zero-order valence-electron chi connectivity index (χ0n) is 9.00. The van der Waals surface area contributed by atoms with Crippen molar-refractivity contribution in [1.29, 1.82) is 0 Å². The number of pyridine rings is 1. The van der Waals surface area contributed by atoms with E-state index in [4.69, 9.17) is 0 Å². The van der Waals surface area contributed by atoms with Crippen molar-refractivity contribution in [3.63, 3.8) is 0 Å². The standard InChI is InChI=1S/C11H15N3.2ClH/c1-2-10(6-12-5-1)14-8-9-3-4-11(14)7-13-9;;/h1-2,5-6,9,11,13H,3-4,7-8H2;2*1H. The number of fused-ring (bicyclic) bond motifs is 3. The molecule has 90 valence electrons. The third kappa shape index (κ3) is 2.42. The molecule has 0 spiro atoms. The van der Waals surface area contributed by atoms with Crippen LogP contribution in [0.4, 0.5) is 5.69 Å². The van der Waals surface area contributed by atoms with E-state index in [0.717, 1.165) is 13.1 Å². The van der Waals surface area contributed by atoms with Crippen LogP contribution in [0.15, 0.2) is 24.5 Å². The molecular weight excluding hydrogens is 245 g/mol. The van der Waals surface area contributed by atoms with Crippen LogP contribution in [0.25, 0.3) is 0 Å². The molecule has 1 N–H and O–H groups in total. The lowest BCUT2D eigenvalue weighted by atomic mass is 9.93. The van der Waals surface area contributed by atoms with Crippen LogP contribution in [0, 0.1) is 0 Å². The van der Waals surface area contributed by atoms with Crippen LogP contribution in [-0.4, -0.2) is 30.2 Å². The Hall–Kier alpha value is -0.510. The Balaban J connectivity index is 0.000000640. The third-order valence-corrected chi connectivity index (χ3v) is 3.33. The molecule has 0 aromatic carbocycles. The summed E-state index contributed by atoms with van der Waals surface area (Å²) in [5, 5.41) is 3.56. The Morgan fingerprint density at radius 3 is 2.69 bits per heavy atom. The van der Waals surface area contributed by atoms with Gasteiger partial charge >= 0.3 is 0 Å². The SMILES string of the molecule is Cl.Cl.c1cncc(N2CC3CCC2CN3)c1. The van der Waals surface area contributed by atoms with Gasteiger partial charge in [-0.25, -0.2) is 0 Å². The summed E-state index contributed by atoms with van der Waals surface area (Å²) in [6, 6.07) is 5.56. The average Bonchev–Trinajstić information content (AvgIpc) is 2.32. The summed E-state index contributed by atoms with van der Waals surface area (Å²) in [5.41, 5.74) is 1.28. The first-order chi connectivity index (χ1) is 6.93. The van der Waals surface area contributed by atoms with E-state index in [1.807, 2.05) is 18.5 Å². The van der Waals surface area contributed by atoms with Crippen LogP contribution < -0.4 is 10.2 Å². The van der Waals surface area contributed by atoms with E-state index in [1.165, 1.54) is 18.5 Å². The highest BCUT2D eigenvalue weighted by atomic mass is 35.5. The Bertz CT molecular complexity index is 312. The number of rotatable bonds is 1. The largest absolute Gasteiger partial charge is 0.364 e. The highest BCUT2D eigenvalue weighted by molar-refractivity contribution is 5.85. The van der Waals surface area contributed by atoms with E-state index >= 15 is 0 Å². The van der Waals surface area contributed by atoms with Gasteiger partial charge in [-0.1, -0.05) is 0 Å². The highest BCUT2D eigenvalue weighted by Gasteiger charge is 2.33. The molecule has 3 saturated heterocycles. The predicted molar refractivity (Wildman–Crippen MR) is 70.9 cm³/mol. The number of aromatic nitrogens is 1. The van der Waals surface area contributed by atoms with Gasteiger partial charge in [0.2, 0.25) is 0 Å². The molecule has 5 heteroatoms. The summed E-state index contributed by atoms with van der Waals surface area (Å²) in [4.78, 5) is 6.68. The summed E-state index contributed by atoms with van der Waals surface area (Å²) >= 11 is 0. The number of hydrogen-bond acceptors (Lipinski definition) is 3. The lowest BCUT2D eigenvalue weighted by Crippen LogP contribution is -2.61. The molecular formula is C11H17Cl2N3. The fourth-order valence-electron chi connectivity index (χ4n) is 2.55. The monoisotopic (exact) mass is 261 g/mol. The molecule has 0 aliphatic carbocycles. The van der Waals surface area contributed by atoms with Gasteiger partial charge < -0.3 is 10.2 Å². The van der Waals surface area contributed by atoms with Crippen molar-refractivity contribution in [2.24, 2.45) is 0 Å². The highest BCUT2D eigenvalue weighted by Crippen LogP contribution is 2.27. The molecule has 1 aromatic heterocycles. The van der Waals surface area contributed by atoms with Crippen molar-refractivity contribution in [1.82, 2.24) is 10.3 Å². The normalized spacial score (nSPS) is 26.9. The van der Waals surface area contributed by atoms with Gasteiger partial charge in [-0.15, -0.1) is 24.8 Å². The smallest absolute Gasteiger partial charge is 0.0556 e. The number of nitrogens with zero attached hydrogens (tertiary/aromatic N) is 2. The second-order valence-corrected chi connectivity index (χ2v) is 4.20. The fourth-order valence-corrected chi connectivity index (χ4v) is 2.55. The minimum atomic E-state index is 0. The number of piperidine rings is 2. The number of anilines is 1. The predicted octanol–water partition coefficient (Wildman–Crippen LogP) is 1.87. The Labute approximate surface area is 108 Å². The van der Waals surface area contributed by atoms with E-state index in [-0.39, 0.29) is 24.8 Å². The number of piperazine rings is 1. The summed E-state index contributed by atoms with van der Waals surface area (Å²) < 4.78 is 0. The number of halogens is 2. The van der Waals surface area contributed by atoms with Gasteiger partial charge in [0.1, 0.15) is 0 Å². The van der Waals surface area contributed by atoms with Crippen molar-refractivity contribution in [3.05, 3.63) is 24.5 Å². The second-order valence-electron chi connectivity index (χ2n) is 4.20. The van der Waals surface area contributed by atoms with Crippen LogP contribution in [0.2, 0.25) is 0 Å². The Kier molecular flexibility index (Phi) is 4.84. The molecule has 0 amide bonds. The first-order valence-corrected chi connectivity index (χ1v) is 5.33. The molecule has 16 heavy (non-hydrogen) atoms. The van der Waals surface area contributed by atoms with E-state index in [1.54, 1.807) is 0 Å². The van der Waals surface area contributed by atoms with E-state index in [9.17, 15) is 0 Å². The first-order valence-electron chi connectivity index (χ1n) is 5.33. The zero-order valence-corrected chi connectivity index (χ0v) is 10.6. The fraction of sp³-hybridized carbons (Fsp3) is 0.545. The van der Waals surface area contributed by atoms with E-state index in [0.29, 0.717) is 12.1 Å². The molecule has 3 fully saturated rings. The van der Waals surface area contributed by atoms with Gasteiger partial charge in [-0.05, 0) is 25.0 Å². The van der Waals surface area contributed by atoms with Gasteiger partial charge in [0.05, 0.1) is 11.9 Å². The third-order valence-electron chi connectivity index (χ3n) is 3.33. The minimum Gasteiger partial charge on any atom is -0.364 e. The zero-order chi connectivity index (χ0) is 9.38. The molecule has 3 nitrogen and oxygen atoms in total. The van der Waals surface area contributed by atoms with Crippen molar-refractivity contribution in [3.8, 4) is 0 Å². The van der Waals surface area contributed by atoms with Crippen molar-refractivity contribution >= 4 is 30.5 Å². The quantitative estimate of drug-likeness (QED) is 0.837. The Morgan fingerprint density at radius 2 is 2.19 bits per heavy atom. The van der Waals surface area contributed by atoms with E-state index in [2.05, 4.69) is 21.3 Å². The maximum absolute atomic E-state index is 4.18. The lowest BCUT2D eigenvalue weighted by Gasteiger charge is -2.47. The van der Waals surface area contributed by atoms with Gasteiger partial charge in [0.15, 0.2) is 0 Å². The molecule has 2 atom stereocenters. The van der Waals surface area contributed by atoms with Crippen LogP contribution in [0.1, 0.15) is 12.8 Å². The van der Waals surface area contributed by atoms with Crippen LogP contribution in [0.3, 0.4) is 0 Å². The van der Waals surface area contributed by atoms with Gasteiger partial charge in [0.25, 0.3) is 0 Å². The second kappa shape index (κ2) is 5.71. The van der Waals surface area contributed by atoms with Crippen molar-refractivity contribution in [2.45, 2.75) is 24.9 Å². The topological polar surface area (TPSA) is 28.2 Å². The minimum absolute atomic E-state index is 0. The molecule has 3 aliphatic rings. The number of hydrogen-bond donors (Lipinski definition) is 1. The molecule has 0 saturated carbocycles. The first kappa shape index (κ1) is 13.6. The van der Waals surface area contributed by atoms with Crippen LogP contribution in [-0.2, 0) is 0 Å². The summed E-state index contributed by atoms with van der Waals surface area (Å²) in [6.45, 7) is 2.29. The van der Waals surface area contributed by atoms with Crippen molar-refractivity contribution in [2.75, 3.05) is 18.0 Å². The van der Waals surface area contributed by atoms with Crippen LogP contribution >= 0.6 is 24.8 Å². The molecule has 0 radical (unpaired) electrons. The molecule has 1 aromatic rings. The molecule has 4 heterocycles. The van der Waals surface area contributed by atoms with Gasteiger partial charge in [-0.3, -0.25) is 4.98 Å². The molecule has 3 aliphatic heterocycles. The Morgan fingerprint density at radius 1 is 1.31 bits per heavy atom. The van der Waals surface area contributed by atoms with Crippen LogP contribution in [0.5, 0.6) is 0 Å². The summed E-state index contributed by atoms with van der Waals surface area (Å²) in [7, 11) is 0.